The van der Waals surface area contributed by atoms with Crippen LogP contribution in [0.3, 0.4) is 0 Å². The topological polar surface area (TPSA) is 115 Å². The monoisotopic (exact) mass is 367 g/mol. The van der Waals surface area contributed by atoms with E-state index in [0.29, 0.717) is 17.7 Å². The van der Waals surface area contributed by atoms with Gasteiger partial charge >= 0.3 is 0 Å². The van der Waals surface area contributed by atoms with Gasteiger partial charge in [0.25, 0.3) is 5.69 Å². The normalized spacial score (nSPS) is 19.3. The predicted molar refractivity (Wildman–Crippen MR) is 102 cm³/mol. The van der Waals surface area contributed by atoms with Crippen molar-refractivity contribution in [2.24, 2.45) is 11.7 Å². The summed E-state index contributed by atoms with van der Waals surface area (Å²) in [5, 5.41) is 14.7. The lowest BCUT2D eigenvalue weighted by Crippen LogP contribution is -2.40. The SMILES string of the molecule is NC(=O)C1CCCCC1Nc1ccc(C(=O)c2ccccc2)cc1[N+](=O)[O-]. The first-order valence-electron chi connectivity index (χ1n) is 8.91. The minimum absolute atomic E-state index is 0.189. The van der Waals surface area contributed by atoms with Crippen LogP contribution in [0.5, 0.6) is 0 Å². The number of carbonyl (C=O) groups excluding carboxylic acids is 2. The molecule has 2 aromatic carbocycles. The molecule has 27 heavy (non-hydrogen) atoms. The summed E-state index contributed by atoms with van der Waals surface area (Å²) < 4.78 is 0. The van der Waals surface area contributed by atoms with Crippen LogP contribution in [0, 0.1) is 16.0 Å². The summed E-state index contributed by atoms with van der Waals surface area (Å²) in [6.07, 6.45) is 3.24. The van der Waals surface area contributed by atoms with Crippen molar-refractivity contribution in [3.8, 4) is 0 Å². The van der Waals surface area contributed by atoms with Gasteiger partial charge in [0, 0.05) is 23.2 Å². The molecule has 1 fully saturated rings. The molecular formula is C20H21N3O4. The van der Waals surface area contributed by atoms with Crippen LogP contribution in [0.25, 0.3) is 0 Å². The van der Waals surface area contributed by atoms with E-state index in [2.05, 4.69) is 5.32 Å². The molecule has 2 unspecified atom stereocenters. The van der Waals surface area contributed by atoms with Crippen LogP contribution in [0.1, 0.15) is 41.6 Å². The average Bonchev–Trinajstić information content (AvgIpc) is 2.68. The molecule has 0 heterocycles. The predicted octanol–water partition coefficient (Wildman–Crippen LogP) is 3.28. The Balaban J connectivity index is 1.89. The highest BCUT2D eigenvalue weighted by molar-refractivity contribution is 6.09. The summed E-state index contributed by atoms with van der Waals surface area (Å²) in [6, 6.07) is 12.7. The highest BCUT2D eigenvalue weighted by atomic mass is 16.6. The van der Waals surface area contributed by atoms with Gasteiger partial charge in [0.2, 0.25) is 5.91 Å². The molecule has 0 spiro atoms. The Morgan fingerprint density at radius 2 is 1.74 bits per heavy atom. The molecule has 0 saturated heterocycles. The number of nitrogens with two attached hydrogens (primary N) is 1. The zero-order chi connectivity index (χ0) is 19.4. The Bertz CT molecular complexity index is 867. The van der Waals surface area contributed by atoms with Gasteiger partial charge in [0.05, 0.1) is 10.8 Å². The molecule has 1 amide bonds. The minimum Gasteiger partial charge on any atom is -0.376 e. The Kier molecular flexibility index (Phi) is 5.49. The van der Waals surface area contributed by atoms with Gasteiger partial charge in [-0.3, -0.25) is 19.7 Å². The van der Waals surface area contributed by atoms with Crippen LogP contribution in [-0.4, -0.2) is 22.7 Å². The molecule has 1 aliphatic carbocycles. The van der Waals surface area contributed by atoms with E-state index < -0.39 is 10.8 Å². The summed E-state index contributed by atoms with van der Waals surface area (Å²) in [4.78, 5) is 35.3. The second kappa shape index (κ2) is 7.99. The van der Waals surface area contributed by atoms with Crippen molar-refractivity contribution in [2.45, 2.75) is 31.7 Å². The average molecular weight is 367 g/mol. The summed E-state index contributed by atoms with van der Waals surface area (Å²) in [5.41, 5.74) is 6.30. The van der Waals surface area contributed by atoms with Gasteiger partial charge in [0.15, 0.2) is 5.78 Å². The molecule has 7 nitrogen and oxygen atoms in total. The molecule has 3 N–H and O–H groups in total. The van der Waals surface area contributed by atoms with Crippen molar-refractivity contribution in [2.75, 3.05) is 5.32 Å². The van der Waals surface area contributed by atoms with Gasteiger partial charge in [-0.05, 0) is 25.0 Å². The lowest BCUT2D eigenvalue weighted by atomic mass is 9.84. The van der Waals surface area contributed by atoms with Crippen molar-refractivity contribution in [3.05, 3.63) is 69.8 Å². The third kappa shape index (κ3) is 4.13. The number of carbonyl (C=O) groups is 2. The molecule has 1 aliphatic rings. The van der Waals surface area contributed by atoms with Crippen molar-refractivity contribution in [1.82, 2.24) is 0 Å². The first kappa shape index (κ1) is 18.6. The highest BCUT2D eigenvalue weighted by Crippen LogP contribution is 2.32. The quantitative estimate of drug-likeness (QED) is 0.462. The summed E-state index contributed by atoms with van der Waals surface area (Å²) in [6.45, 7) is 0. The van der Waals surface area contributed by atoms with Crippen LogP contribution in [0.15, 0.2) is 48.5 Å². The van der Waals surface area contributed by atoms with E-state index in [4.69, 9.17) is 5.73 Å². The number of nitro benzene ring substituents is 1. The van der Waals surface area contributed by atoms with Gasteiger partial charge in [-0.15, -0.1) is 0 Å². The largest absolute Gasteiger partial charge is 0.376 e. The zero-order valence-corrected chi connectivity index (χ0v) is 14.8. The van der Waals surface area contributed by atoms with Gasteiger partial charge in [-0.2, -0.15) is 0 Å². The maximum absolute atomic E-state index is 12.6. The van der Waals surface area contributed by atoms with Crippen LogP contribution in [0.2, 0.25) is 0 Å². The van der Waals surface area contributed by atoms with Gasteiger partial charge < -0.3 is 11.1 Å². The van der Waals surface area contributed by atoms with Gasteiger partial charge in [-0.1, -0.05) is 43.2 Å². The van der Waals surface area contributed by atoms with Crippen molar-refractivity contribution < 1.29 is 14.5 Å². The van der Waals surface area contributed by atoms with Crippen LogP contribution in [0.4, 0.5) is 11.4 Å². The summed E-state index contributed by atoms with van der Waals surface area (Å²) >= 11 is 0. The smallest absolute Gasteiger partial charge is 0.293 e. The van der Waals surface area contributed by atoms with Crippen molar-refractivity contribution in [1.29, 1.82) is 0 Å². The zero-order valence-electron chi connectivity index (χ0n) is 14.8. The van der Waals surface area contributed by atoms with Crippen LogP contribution in [-0.2, 0) is 4.79 Å². The first-order chi connectivity index (χ1) is 13.0. The number of benzene rings is 2. The molecule has 0 aromatic heterocycles. The fraction of sp³-hybridized carbons (Fsp3) is 0.300. The number of amides is 1. The molecule has 140 valence electrons. The van der Waals surface area contributed by atoms with E-state index in [9.17, 15) is 19.7 Å². The Morgan fingerprint density at radius 1 is 1.04 bits per heavy atom. The molecule has 1 saturated carbocycles. The molecule has 0 radical (unpaired) electrons. The number of hydrogen-bond donors (Lipinski definition) is 2. The lowest BCUT2D eigenvalue weighted by molar-refractivity contribution is -0.384. The van der Waals surface area contributed by atoms with E-state index in [1.165, 1.54) is 12.1 Å². The summed E-state index contributed by atoms with van der Waals surface area (Å²) in [5.74, 6) is -1.03. The second-order valence-electron chi connectivity index (χ2n) is 6.73. The number of primary amides is 1. The Hall–Kier alpha value is -3.22. The number of nitrogens with zero attached hydrogens (tertiary/aromatic N) is 1. The summed E-state index contributed by atoms with van der Waals surface area (Å²) in [7, 11) is 0. The number of nitrogens with one attached hydrogen (secondary N) is 1. The van der Waals surface area contributed by atoms with E-state index in [1.54, 1.807) is 36.4 Å². The van der Waals surface area contributed by atoms with E-state index >= 15 is 0 Å². The molecule has 2 aromatic rings. The third-order valence-electron chi connectivity index (χ3n) is 4.96. The van der Waals surface area contributed by atoms with Gasteiger partial charge in [-0.25, -0.2) is 0 Å². The van der Waals surface area contributed by atoms with E-state index in [1.807, 2.05) is 0 Å². The second-order valence-corrected chi connectivity index (χ2v) is 6.73. The highest BCUT2D eigenvalue weighted by Gasteiger charge is 2.31. The van der Waals surface area contributed by atoms with Crippen LogP contribution < -0.4 is 11.1 Å². The molecular weight excluding hydrogens is 346 g/mol. The van der Waals surface area contributed by atoms with E-state index in [-0.39, 0.29) is 29.0 Å². The standard InChI is InChI=1S/C20H21N3O4/c21-20(25)15-8-4-5-9-16(15)22-17-11-10-14(12-18(17)23(26)27)19(24)13-6-2-1-3-7-13/h1-3,6-7,10-12,15-16,22H,4-5,8-9H2,(H2,21,25). The molecule has 2 atom stereocenters. The molecule has 7 heteroatoms. The lowest BCUT2D eigenvalue weighted by Gasteiger charge is -2.30. The number of ketones is 1. The Morgan fingerprint density at radius 3 is 2.41 bits per heavy atom. The third-order valence-corrected chi connectivity index (χ3v) is 4.96. The molecule has 3 rings (SSSR count). The molecule has 0 aliphatic heterocycles. The maximum atomic E-state index is 12.6. The fourth-order valence-electron chi connectivity index (χ4n) is 3.55. The number of rotatable bonds is 6. The van der Waals surface area contributed by atoms with Crippen LogP contribution >= 0.6 is 0 Å². The van der Waals surface area contributed by atoms with Crippen molar-refractivity contribution in [3.63, 3.8) is 0 Å². The number of nitro groups is 1. The number of hydrogen-bond acceptors (Lipinski definition) is 5. The minimum atomic E-state index is -0.522. The maximum Gasteiger partial charge on any atom is 0.293 e. The van der Waals surface area contributed by atoms with E-state index in [0.717, 1.165) is 19.3 Å². The van der Waals surface area contributed by atoms with Crippen molar-refractivity contribution >= 4 is 23.1 Å². The molecule has 0 bridgehead atoms. The fourth-order valence-corrected chi connectivity index (χ4v) is 3.55. The van der Waals surface area contributed by atoms with Gasteiger partial charge in [0.1, 0.15) is 5.69 Å². The Labute approximate surface area is 156 Å². The number of anilines is 1. The first-order valence-corrected chi connectivity index (χ1v) is 8.91.